The molecule has 0 bridgehead atoms. The summed E-state index contributed by atoms with van der Waals surface area (Å²) in [5.41, 5.74) is 1.08. The number of benzene rings is 2. The number of fused-ring (bicyclic) bond motifs is 1. The number of hydrogen-bond donors (Lipinski definition) is 0. The first-order chi connectivity index (χ1) is 8.61. The molecule has 0 aliphatic carbocycles. The zero-order valence-electron chi connectivity index (χ0n) is 10.8. The van der Waals surface area contributed by atoms with Gasteiger partial charge < -0.3 is 0 Å². The number of carbonyl (C=O) groups is 1. The Morgan fingerprint density at radius 2 is 1.72 bits per heavy atom. The molecule has 0 aliphatic heterocycles. The molecule has 2 aromatic rings. The molecule has 94 valence electrons. The maximum absolute atomic E-state index is 12.1. The third-order valence-corrected chi connectivity index (χ3v) is 5.43. The minimum absolute atomic E-state index is 0.199. The van der Waals surface area contributed by atoms with Gasteiger partial charge in [0.25, 0.3) is 0 Å². The predicted molar refractivity (Wildman–Crippen MR) is 83.3 cm³/mol. The molecule has 2 aromatic carbocycles. The monoisotopic (exact) mass is 276 g/mol. The summed E-state index contributed by atoms with van der Waals surface area (Å²) in [6.45, 7) is 2.00. The predicted octanol–water partition coefficient (Wildman–Crippen LogP) is 4.31. The van der Waals surface area contributed by atoms with Crippen molar-refractivity contribution < 1.29 is 4.79 Å². The molecule has 0 N–H and O–H groups in total. The van der Waals surface area contributed by atoms with E-state index in [4.69, 9.17) is 0 Å². The Kier molecular flexibility index (Phi) is 4.03. The lowest BCUT2D eigenvalue weighted by Crippen LogP contribution is -2.26. The van der Waals surface area contributed by atoms with Gasteiger partial charge in [-0.25, -0.2) is 0 Å². The van der Waals surface area contributed by atoms with E-state index in [2.05, 4.69) is 30.3 Å². The standard InChI is InChI=1S/C15H16OS2/c1-15(18-3,14(16)17-2)13-9-8-11-6-4-5-7-12(11)10-13/h4-10H,1-3H3/t15-/m0/s1. The third-order valence-electron chi connectivity index (χ3n) is 3.28. The van der Waals surface area contributed by atoms with Crippen LogP contribution in [0.5, 0.6) is 0 Å². The normalized spacial score (nSPS) is 14.4. The average Bonchev–Trinajstić information content (AvgIpc) is 2.44. The summed E-state index contributed by atoms with van der Waals surface area (Å²) in [4.78, 5) is 12.1. The van der Waals surface area contributed by atoms with Gasteiger partial charge in [0.1, 0.15) is 4.75 Å². The Balaban J connectivity index is 2.55. The van der Waals surface area contributed by atoms with Gasteiger partial charge >= 0.3 is 0 Å². The highest BCUT2D eigenvalue weighted by molar-refractivity contribution is 8.15. The molecule has 0 unspecified atom stereocenters. The zero-order valence-corrected chi connectivity index (χ0v) is 12.4. The van der Waals surface area contributed by atoms with E-state index in [0.29, 0.717) is 0 Å². The number of hydrogen-bond acceptors (Lipinski definition) is 3. The molecule has 1 atom stereocenters. The number of carbonyl (C=O) groups excluding carboxylic acids is 1. The SMILES string of the molecule is CSC(=O)[C@@](C)(SC)c1ccc2ccccc2c1. The molecule has 0 aliphatic rings. The fourth-order valence-corrected chi connectivity index (χ4v) is 3.54. The third kappa shape index (κ3) is 2.29. The van der Waals surface area contributed by atoms with Crippen LogP contribution in [0, 0.1) is 0 Å². The molecule has 1 nitrogen and oxygen atoms in total. The highest BCUT2D eigenvalue weighted by Gasteiger charge is 2.33. The van der Waals surface area contributed by atoms with Gasteiger partial charge in [-0.05, 0) is 41.8 Å². The first-order valence-corrected chi connectivity index (χ1v) is 8.19. The van der Waals surface area contributed by atoms with Crippen LogP contribution in [0.25, 0.3) is 10.8 Å². The molecule has 0 spiro atoms. The molecular weight excluding hydrogens is 260 g/mol. The lowest BCUT2D eigenvalue weighted by Gasteiger charge is -2.25. The summed E-state index contributed by atoms with van der Waals surface area (Å²) < 4.78 is -0.469. The molecule has 0 radical (unpaired) electrons. The number of thioether (sulfide) groups is 2. The second-order valence-corrected chi connectivity index (χ2v) is 6.29. The van der Waals surface area contributed by atoms with Crippen molar-refractivity contribution in [1.82, 2.24) is 0 Å². The van der Waals surface area contributed by atoms with Crippen LogP contribution in [0.3, 0.4) is 0 Å². The van der Waals surface area contributed by atoms with E-state index in [9.17, 15) is 4.79 Å². The van der Waals surface area contributed by atoms with Crippen molar-refractivity contribution in [2.75, 3.05) is 12.5 Å². The van der Waals surface area contributed by atoms with Crippen molar-refractivity contribution in [3.05, 3.63) is 48.0 Å². The second-order valence-electron chi connectivity index (χ2n) is 4.29. The van der Waals surface area contributed by atoms with Crippen LogP contribution in [0.1, 0.15) is 12.5 Å². The largest absolute Gasteiger partial charge is 0.285 e. The maximum Gasteiger partial charge on any atom is 0.208 e. The molecule has 0 fully saturated rings. The van der Waals surface area contributed by atoms with E-state index in [-0.39, 0.29) is 5.12 Å². The molecule has 18 heavy (non-hydrogen) atoms. The highest BCUT2D eigenvalue weighted by Crippen LogP contribution is 2.39. The zero-order chi connectivity index (χ0) is 13.2. The summed E-state index contributed by atoms with van der Waals surface area (Å²) in [5, 5.41) is 2.59. The van der Waals surface area contributed by atoms with Crippen molar-refractivity contribution in [2.45, 2.75) is 11.7 Å². The Bertz CT molecular complexity index is 579. The van der Waals surface area contributed by atoms with E-state index in [1.807, 2.05) is 31.6 Å². The van der Waals surface area contributed by atoms with Crippen molar-refractivity contribution >= 4 is 39.4 Å². The van der Waals surface area contributed by atoms with Gasteiger partial charge in [-0.3, -0.25) is 4.79 Å². The van der Waals surface area contributed by atoms with Crippen molar-refractivity contribution in [1.29, 1.82) is 0 Å². The molecule has 3 heteroatoms. The maximum atomic E-state index is 12.1. The summed E-state index contributed by atoms with van der Waals surface area (Å²) >= 11 is 2.89. The Morgan fingerprint density at radius 3 is 2.33 bits per heavy atom. The molecular formula is C15H16OS2. The molecule has 0 heterocycles. The fraction of sp³-hybridized carbons (Fsp3) is 0.267. The molecule has 0 amide bonds. The van der Waals surface area contributed by atoms with Crippen LogP contribution in [0.15, 0.2) is 42.5 Å². The van der Waals surface area contributed by atoms with Crippen molar-refractivity contribution in [3.63, 3.8) is 0 Å². The first kappa shape index (κ1) is 13.5. The molecule has 0 saturated heterocycles. The summed E-state index contributed by atoms with van der Waals surface area (Å²) in [6.07, 6.45) is 3.83. The van der Waals surface area contributed by atoms with E-state index in [0.717, 1.165) is 5.56 Å². The van der Waals surface area contributed by atoms with Crippen molar-refractivity contribution in [3.8, 4) is 0 Å². The van der Waals surface area contributed by atoms with Gasteiger partial charge in [0.15, 0.2) is 0 Å². The smallest absolute Gasteiger partial charge is 0.208 e. The summed E-state index contributed by atoms with van der Waals surface area (Å²) in [6, 6.07) is 14.5. The Labute approximate surface area is 116 Å². The van der Waals surface area contributed by atoms with Crippen LogP contribution in [-0.4, -0.2) is 17.6 Å². The minimum atomic E-state index is -0.469. The molecule has 2 rings (SSSR count). The van der Waals surface area contributed by atoms with E-state index < -0.39 is 4.75 Å². The van der Waals surface area contributed by atoms with Gasteiger partial charge in [-0.15, -0.1) is 11.8 Å². The highest BCUT2D eigenvalue weighted by atomic mass is 32.2. The minimum Gasteiger partial charge on any atom is -0.285 e. The lowest BCUT2D eigenvalue weighted by atomic mass is 9.98. The molecule has 0 saturated carbocycles. The van der Waals surface area contributed by atoms with Gasteiger partial charge in [0.05, 0.1) is 0 Å². The van der Waals surface area contributed by atoms with Crippen LogP contribution in [0.4, 0.5) is 0 Å². The Morgan fingerprint density at radius 1 is 1.06 bits per heavy atom. The molecule has 0 aromatic heterocycles. The van der Waals surface area contributed by atoms with Crippen LogP contribution in [-0.2, 0) is 9.54 Å². The second kappa shape index (κ2) is 5.37. The van der Waals surface area contributed by atoms with Crippen molar-refractivity contribution in [2.24, 2.45) is 0 Å². The van der Waals surface area contributed by atoms with Gasteiger partial charge in [-0.2, -0.15) is 0 Å². The van der Waals surface area contributed by atoms with E-state index >= 15 is 0 Å². The quantitative estimate of drug-likeness (QED) is 0.831. The van der Waals surface area contributed by atoms with E-state index in [1.54, 1.807) is 11.8 Å². The summed E-state index contributed by atoms with van der Waals surface area (Å²) in [7, 11) is 0. The Hall–Kier alpha value is -0.930. The van der Waals surface area contributed by atoms with Crippen LogP contribution in [0.2, 0.25) is 0 Å². The first-order valence-electron chi connectivity index (χ1n) is 5.74. The topological polar surface area (TPSA) is 17.1 Å². The lowest BCUT2D eigenvalue weighted by molar-refractivity contribution is -0.112. The van der Waals surface area contributed by atoms with Crippen LogP contribution >= 0.6 is 23.5 Å². The fourth-order valence-electron chi connectivity index (χ4n) is 2.00. The van der Waals surface area contributed by atoms with Gasteiger partial charge in [-0.1, -0.05) is 48.2 Å². The average molecular weight is 276 g/mol. The summed E-state index contributed by atoms with van der Waals surface area (Å²) in [5.74, 6) is 0. The van der Waals surface area contributed by atoms with Gasteiger partial charge in [0, 0.05) is 0 Å². The van der Waals surface area contributed by atoms with Gasteiger partial charge in [0.2, 0.25) is 5.12 Å². The van der Waals surface area contributed by atoms with Crippen LogP contribution < -0.4 is 0 Å². The number of rotatable bonds is 3. The van der Waals surface area contributed by atoms with E-state index in [1.165, 1.54) is 22.5 Å².